The Balaban J connectivity index is 1.73. The average Bonchev–Trinajstić information content (AvgIpc) is 2.55. The topological polar surface area (TPSA) is 67.4 Å². The van der Waals surface area contributed by atoms with Crippen LogP contribution in [0.5, 0.6) is 0 Å². The van der Waals surface area contributed by atoms with Crippen LogP contribution >= 0.6 is 0 Å². The van der Waals surface area contributed by atoms with Crippen molar-refractivity contribution < 1.29 is 14.3 Å². The Morgan fingerprint density at radius 2 is 2.00 bits per heavy atom. The van der Waals surface area contributed by atoms with Crippen LogP contribution < -0.4 is 10.6 Å². The summed E-state index contributed by atoms with van der Waals surface area (Å²) < 4.78 is 4.69. The second-order valence-corrected chi connectivity index (χ2v) is 5.65. The van der Waals surface area contributed by atoms with E-state index in [2.05, 4.69) is 15.4 Å². The van der Waals surface area contributed by atoms with E-state index in [1.807, 2.05) is 6.07 Å². The number of esters is 1. The van der Waals surface area contributed by atoms with Gasteiger partial charge >= 0.3 is 5.97 Å². The van der Waals surface area contributed by atoms with Gasteiger partial charge in [0, 0.05) is 24.7 Å². The van der Waals surface area contributed by atoms with Crippen LogP contribution in [0.4, 0.5) is 5.69 Å². The van der Waals surface area contributed by atoms with Gasteiger partial charge in [0.1, 0.15) is 0 Å². The van der Waals surface area contributed by atoms with Gasteiger partial charge in [0.15, 0.2) is 0 Å². The Bertz CT molecular complexity index is 510. The van der Waals surface area contributed by atoms with Gasteiger partial charge in [-0.25, -0.2) is 4.79 Å². The van der Waals surface area contributed by atoms with Crippen LogP contribution in [-0.4, -0.2) is 31.6 Å². The van der Waals surface area contributed by atoms with Crippen LogP contribution in [0.1, 0.15) is 48.9 Å². The van der Waals surface area contributed by atoms with Gasteiger partial charge in [0.25, 0.3) is 0 Å². The second-order valence-electron chi connectivity index (χ2n) is 5.65. The zero-order valence-electron chi connectivity index (χ0n) is 13.1. The molecule has 22 heavy (non-hydrogen) atoms. The van der Waals surface area contributed by atoms with Crippen molar-refractivity contribution >= 4 is 17.6 Å². The van der Waals surface area contributed by atoms with Gasteiger partial charge in [-0.2, -0.15) is 0 Å². The lowest BCUT2D eigenvalue weighted by Crippen LogP contribution is -2.36. The summed E-state index contributed by atoms with van der Waals surface area (Å²) in [6.07, 6.45) is 6.33. The van der Waals surface area contributed by atoms with Crippen molar-refractivity contribution in [3.8, 4) is 0 Å². The molecule has 1 aromatic rings. The van der Waals surface area contributed by atoms with Crippen LogP contribution in [0.3, 0.4) is 0 Å². The van der Waals surface area contributed by atoms with Crippen LogP contribution in [0, 0.1) is 0 Å². The number of hydrogen-bond donors (Lipinski definition) is 2. The lowest BCUT2D eigenvalue weighted by atomic mass is 9.95. The molecule has 0 atom stereocenters. The quantitative estimate of drug-likeness (QED) is 0.793. The summed E-state index contributed by atoms with van der Waals surface area (Å²) in [5.74, 6) is -0.276. The molecule has 0 radical (unpaired) electrons. The zero-order valence-corrected chi connectivity index (χ0v) is 13.1. The molecule has 0 unspecified atom stereocenters. The molecule has 0 heterocycles. The zero-order chi connectivity index (χ0) is 15.8. The minimum absolute atomic E-state index is 0.0866. The van der Waals surface area contributed by atoms with E-state index in [1.54, 1.807) is 18.2 Å². The van der Waals surface area contributed by atoms with Gasteiger partial charge in [0.2, 0.25) is 5.91 Å². The normalized spacial score (nSPS) is 15.1. The van der Waals surface area contributed by atoms with Crippen molar-refractivity contribution in [1.82, 2.24) is 5.32 Å². The largest absolute Gasteiger partial charge is 0.465 e. The molecule has 1 aromatic carbocycles. The molecule has 0 aliphatic heterocycles. The van der Waals surface area contributed by atoms with E-state index in [4.69, 9.17) is 0 Å². The van der Waals surface area contributed by atoms with Gasteiger partial charge in [-0.05, 0) is 31.0 Å². The highest BCUT2D eigenvalue weighted by atomic mass is 16.5. The summed E-state index contributed by atoms with van der Waals surface area (Å²) in [5.41, 5.74) is 1.31. The molecule has 5 nitrogen and oxygen atoms in total. The molecule has 1 aliphatic rings. The Kier molecular flexibility index (Phi) is 6.25. The van der Waals surface area contributed by atoms with E-state index in [0.29, 0.717) is 24.6 Å². The molecule has 120 valence electrons. The number of ether oxygens (including phenoxy) is 1. The first kappa shape index (κ1) is 16.3. The molecule has 0 bridgehead atoms. The number of carbonyl (C=O) groups excluding carboxylic acids is 2. The van der Waals surface area contributed by atoms with E-state index in [9.17, 15) is 9.59 Å². The average molecular weight is 304 g/mol. The summed E-state index contributed by atoms with van der Waals surface area (Å²) in [6, 6.07) is 7.43. The summed E-state index contributed by atoms with van der Waals surface area (Å²) in [5, 5.41) is 6.25. The van der Waals surface area contributed by atoms with Crippen molar-refractivity contribution in [1.29, 1.82) is 0 Å². The minimum atomic E-state index is -0.362. The van der Waals surface area contributed by atoms with Crippen molar-refractivity contribution in [2.75, 3.05) is 19.0 Å². The summed E-state index contributed by atoms with van der Waals surface area (Å²) in [4.78, 5) is 23.4. The molecular weight excluding hydrogens is 280 g/mol. The monoisotopic (exact) mass is 304 g/mol. The molecule has 1 amide bonds. The van der Waals surface area contributed by atoms with Gasteiger partial charge in [-0.1, -0.05) is 25.3 Å². The highest BCUT2D eigenvalue weighted by Crippen LogP contribution is 2.17. The molecule has 5 heteroatoms. The predicted molar refractivity (Wildman–Crippen MR) is 85.9 cm³/mol. The van der Waals surface area contributed by atoms with Crippen LogP contribution in [-0.2, 0) is 9.53 Å². The van der Waals surface area contributed by atoms with E-state index in [-0.39, 0.29) is 11.9 Å². The number of hydrogen-bond acceptors (Lipinski definition) is 4. The lowest BCUT2D eigenvalue weighted by Gasteiger charge is -2.22. The number of rotatable bonds is 6. The van der Waals surface area contributed by atoms with E-state index < -0.39 is 0 Å². The molecule has 0 spiro atoms. The van der Waals surface area contributed by atoms with E-state index >= 15 is 0 Å². The lowest BCUT2D eigenvalue weighted by molar-refractivity contribution is -0.121. The number of amides is 1. The summed E-state index contributed by atoms with van der Waals surface area (Å²) in [7, 11) is 1.36. The van der Waals surface area contributed by atoms with Gasteiger partial charge in [0.05, 0.1) is 12.7 Å². The number of carbonyl (C=O) groups is 2. The number of methoxy groups -OCH3 is 1. The molecule has 1 saturated carbocycles. The number of anilines is 1. The van der Waals surface area contributed by atoms with Crippen molar-refractivity contribution in [2.45, 2.75) is 44.6 Å². The number of nitrogens with one attached hydrogen (secondary N) is 2. The maximum absolute atomic E-state index is 11.9. The van der Waals surface area contributed by atoms with Gasteiger partial charge in [-0.3, -0.25) is 4.79 Å². The molecule has 2 N–H and O–H groups in total. The van der Waals surface area contributed by atoms with E-state index in [1.165, 1.54) is 26.4 Å². The third kappa shape index (κ3) is 5.06. The van der Waals surface area contributed by atoms with Crippen LogP contribution in [0.15, 0.2) is 24.3 Å². The number of benzene rings is 1. The summed E-state index contributed by atoms with van der Waals surface area (Å²) in [6.45, 7) is 0.545. The van der Waals surface area contributed by atoms with E-state index in [0.717, 1.165) is 18.5 Å². The fourth-order valence-electron chi connectivity index (χ4n) is 2.74. The molecule has 0 saturated heterocycles. The fourth-order valence-corrected chi connectivity index (χ4v) is 2.74. The maximum Gasteiger partial charge on any atom is 0.337 e. The first-order valence-electron chi connectivity index (χ1n) is 7.90. The third-order valence-corrected chi connectivity index (χ3v) is 3.94. The standard InChI is InChI=1S/C17H24N2O3/c1-22-17(21)13-6-5-9-15(12-13)18-11-10-16(20)19-14-7-3-2-4-8-14/h5-6,9,12,14,18H,2-4,7-8,10-11H2,1H3,(H,19,20). The first-order valence-corrected chi connectivity index (χ1v) is 7.90. The van der Waals surface area contributed by atoms with Gasteiger partial charge in [-0.15, -0.1) is 0 Å². The predicted octanol–water partition coefficient (Wildman–Crippen LogP) is 2.72. The molecule has 0 aromatic heterocycles. The van der Waals surface area contributed by atoms with Gasteiger partial charge < -0.3 is 15.4 Å². The Morgan fingerprint density at radius 3 is 2.73 bits per heavy atom. The maximum atomic E-state index is 11.9. The Hall–Kier alpha value is -2.04. The summed E-state index contributed by atoms with van der Waals surface area (Å²) >= 11 is 0. The van der Waals surface area contributed by atoms with Crippen LogP contribution in [0.25, 0.3) is 0 Å². The molecule has 1 fully saturated rings. The highest BCUT2D eigenvalue weighted by molar-refractivity contribution is 5.90. The van der Waals surface area contributed by atoms with Crippen molar-refractivity contribution in [2.24, 2.45) is 0 Å². The Morgan fingerprint density at radius 1 is 1.23 bits per heavy atom. The van der Waals surface area contributed by atoms with Crippen molar-refractivity contribution in [3.05, 3.63) is 29.8 Å². The highest BCUT2D eigenvalue weighted by Gasteiger charge is 2.15. The molecular formula is C17H24N2O3. The SMILES string of the molecule is COC(=O)c1cccc(NCCC(=O)NC2CCCCC2)c1. The fraction of sp³-hybridized carbons (Fsp3) is 0.529. The minimum Gasteiger partial charge on any atom is -0.465 e. The first-order chi connectivity index (χ1) is 10.7. The smallest absolute Gasteiger partial charge is 0.337 e. The Labute approximate surface area is 131 Å². The van der Waals surface area contributed by atoms with Crippen molar-refractivity contribution in [3.63, 3.8) is 0 Å². The second kappa shape index (κ2) is 8.41. The molecule has 2 rings (SSSR count). The van der Waals surface area contributed by atoms with Crippen LogP contribution in [0.2, 0.25) is 0 Å². The molecule has 1 aliphatic carbocycles. The third-order valence-electron chi connectivity index (χ3n) is 3.94.